The van der Waals surface area contributed by atoms with E-state index in [0.717, 1.165) is 0 Å². The second kappa shape index (κ2) is 8.07. The molecule has 144 valence electrons. The number of para-hydroxylation sites is 1. The van der Waals surface area contributed by atoms with E-state index in [1.54, 1.807) is 53.9 Å². The van der Waals surface area contributed by atoms with Crippen LogP contribution in [0.4, 0.5) is 0 Å². The van der Waals surface area contributed by atoms with Crippen molar-refractivity contribution in [3.63, 3.8) is 0 Å². The number of esters is 1. The Labute approximate surface area is 169 Å². The fourth-order valence-corrected chi connectivity index (χ4v) is 3.26. The van der Waals surface area contributed by atoms with Crippen LogP contribution in [0.3, 0.4) is 0 Å². The Kier molecular flexibility index (Phi) is 5.17. The molecule has 29 heavy (non-hydrogen) atoms. The first-order valence-electron chi connectivity index (χ1n) is 8.60. The van der Waals surface area contributed by atoms with Crippen LogP contribution in [0.2, 0.25) is 0 Å². The zero-order valence-corrected chi connectivity index (χ0v) is 16.1. The number of hydrogen-bond donors (Lipinski definition) is 0. The molecule has 4 rings (SSSR count). The van der Waals surface area contributed by atoms with Crippen LogP contribution in [0.25, 0.3) is 10.9 Å². The zero-order chi connectivity index (χ0) is 20.2. The summed E-state index contributed by atoms with van der Waals surface area (Å²) in [6, 6.07) is 15.5. The number of nitrogens with zero attached hydrogens (tertiary/aromatic N) is 3. The number of fused-ring (bicyclic) bond motifs is 1. The molecule has 0 aliphatic carbocycles. The van der Waals surface area contributed by atoms with Crippen LogP contribution in [0.15, 0.2) is 76.2 Å². The molecule has 0 aliphatic heterocycles. The summed E-state index contributed by atoms with van der Waals surface area (Å²) in [7, 11) is 1.48. The average Bonchev–Trinajstić information content (AvgIpc) is 3.29. The van der Waals surface area contributed by atoms with Gasteiger partial charge in [0.15, 0.2) is 11.5 Å². The molecule has 0 amide bonds. The van der Waals surface area contributed by atoms with Gasteiger partial charge in [0, 0.05) is 0 Å². The number of ether oxygens (including phenoxy) is 2. The van der Waals surface area contributed by atoms with Crippen molar-refractivity contribution in [1.29, 1.82) is 0 Å². The molecular formula is C21H15N3O4S. The van der Waals surface area contributed by atoms with Gasteiger partial charge in [-0.1, -0.05) is 18.2 Å². The van der Waals surface area contributed by atoms with Crippen LogP contribution < -0.4 is 15.0 Å². The van der Waals surface area contributed by atoms with E-state index in [2.05, 4.69) is 10.1 Å². The molecule has 0 atom stereocenters. The summed E-state index contributed by atoms with van der Waals surface area (Å²) in [5, 5.41) is 6.48. The lowest BCUT2D eigenvalue weighted by molar-refractivity contribution is 0.0735. The molecule has 2 aromatic heterocycles. The Balaban J connectivity index is 1.59. The van der Waals surface area contributed by atoms with Crippen LogP contribution in [0, 0.1) is 0 Å². The first-order valence-corrected chi connectivity index (χ1v) is 9.48. The van der Waals surface area contributed by atoms with E-state index < -0.39 is 5.97 Å². The number of carbonyl (C=O) groups is 1. The van der Waals surface area contributed by atoms with Crippen molar-refractivity contribution in [2.45, 2.75) is 0 Å². The molecule has 0 spiro atoms. The predicted molar refractivity (Wildman–Crippen MR) is 111 cm³/mol. The molecule has 7 nitrogen and oxygen atoms in total. The number of thiophene rings is 1. The van der Waals surface area contributed by atoms with Gasteiger partial charge in [-0.25, -0.2) is 9.78 Å². The minimum atomic E-state index is -0.450. The molecule has 2 heterocycles. The number of rotatable bonds is 5. The number of hydrogen-bond acceptors (Lipinski definition) is 7. The molecule has 8 heteroatoms. The number of carbonyl (C=O) groups excluding carboxylic acids is 1. The molecule has 0 fully saturated rings. The first kappa shape index (κ1) is 18.6. The maximum atomic E-state index is 12.5. The molecule has 2 aromatic carbocycles. The molecule has 0 saturated heterocycles. The minimum Gasteiger partial charge on any atom is -0.493 e. The average molecular weight is 405 g/mol. The lowest BCUT2D eigenvalue weighted by Crippen LogP contribution is -2.17. The molecule has 0 radical (unpaired) electrons. The van der Waals surface area contributed by atoms with Crippen molar-refractivity contribution >= 4 is 34.4 Å². The molecule has 4 aromatic rings. The Morgan fingerprint density at radius 2 is 2.00 bits per heavy atom. The molecular weight excluding hydrogens is 390 g/mol. The summed E-state index contributed by atoms with van der Waals surface area (Å²) in [4.78, 5) is 29.4. The van der Waals surface area contributed by atoms with Gasteiger partial charge >= 0.3 is 5.97 Å². The lowest BCUT2D eigenvalue weighted by Gasteiger charge is -2.09. The fourth-order valence-electron chi connectivity index (χ4n) is 2.66. The van der Waals surface area contributed by atoms with Gasteiger partial charge < -0.3 is 9.47 Å². The molecule has 0 unspecified atom stereocenters. The lowest BCUT2D eigenvalue weighted by atomic mass is 10.2. The van der Waals surface area contributed by atoms with Crippen LogP contribution in [0.1, 0.15) is 15.2 Å². The summed E-state index contributed by atoms with van der Waals surface area (Å²) in [5.41, 5.74) is 1.01. The highest BCUT2D eigenvalue weighted by atomic mass is 32.1. The number of aromatic nitrogens is 2. The summed E-state index contributed by atoms with van der Waals surface area (Å²) in [6.07, 6.45) is 2.88. The van der Waals surface area contributed by atoms with E-state index >= 15 is 0 Å². The Morgan fingerprint density at radius 3 is 2.79 bits per heavy atom. The van der Waals surface area contributed by atoms with Crippen LogP contribution in [-0.4, -0.2) is 29.0 Å². The largest absolute Gasteiger partial charge is 0.493 e. The van der Waals surface area contributed by atoms with E-state index in [1.807, 2.05) is 6.07 Å². The van der Waals surface area contributed by atoms with Crippen LogP contribution in [0.5, 0.6) is 11.5 Å². The van der Waals surface area contributed by atoms with Crippen molar-refractivity contribution in [2.24, 2.45) is 5.10 Å². The molecule has 0 aliphatic rings. The van der Waals surface area contributed by atoms with E-state index in [-0.39, 0.29) is 5.56 Å². The van der Waals surface area contributed by atoms with E-state index in [0.29, 0.717) is 32.8 Å². The quantitative estimate of drug-likeness (QED) is 0.288. The van der Waals surface area contributed by atoms with Crippen molar-refractivity contribution in [3.05, 3.63) is 87.1 Å². The minimum absolute atomic E-state index is 0.264. The van der Waals surface area contributed by atoms with Crippen molar-refractivity contribution in [1.82, 2.24) is 9.66 Å². The van der Waals surface area contributed by atoms with Crippen LogP contribution >= 0.6 is 11.3 Å². The SMILES string of the molecule is COc1cc(/C=N/n2cnc3ccccc3c2=O)ccc1OC(=O)c1cccs1. The van der Waals surface area contributed by atoms with E-state index in [9.17, 15) is 9.59 Å². The molecule has 0 bridgehead atoms. The van der Waals surface area contributed by atoms with Gasteiger partial charge in [0.1, 0.15) is 11.2 Å². The Hall–Kier alpha value is -3.78. The van der Waals surface area contributed by atoms with Gasteiger partial charge in [0.25, 0.3) is 5.56 Å². The molecule has 0 saturated carbocycles. The third-order valence-corrected chi connectivity index (χ3v) is 4.94. The summed E-state index contributed by atoms with van der Waals surface area (Å²) in [5.74, 6) is 0.226. The third kappa shape index (κ3) is 3.92. The zero-order valence-electron chi connectivity index (χ0n) is 15.3. The fraction of sp³-hybridized carbons (Fsp3) is 0.0476. The summed E-state index contributed by atoms with van der Waals surface area (Å²) < 4.78 is 11.9. The Morgan fingerprint density at radius 1 is 1.14 bits per heavy atom. The monoisotopic (exact) mass is 405 g/mol. The first-order chi connectivity index (χ1) is 14.2. The highest BCUT2D eigenvalue weighted by Crippen LogP contribution is 2.28. The van der Waals surface area contributed by atoms with Gasteiger partial charge in [-0.3, -0.25) is 4.79 Å². The van der Waals surface area contributed by atoms with Gasteiger partial charge in [0.2, 0.25) is 0 Å². The topological polar surface area (TPSA) is 82.8 Å². The van der Waals surface area contributed by atoms with E-state index in [1.165, 1.54) is 35.7 Å². The highest BCUT2D eigenvalue weighted by Gasteiger charge is 2.13. The standard InChI is InChI=1S/C21H15N3O4S/c1-27-18-11-14(8-9-17(18)28-21(26)19-7-4-10-29-19)12-23-24-13-22-16-6-3-2-5-15(16)20(24)25/h2-13H,1H3/b23-12+. The smallest absolute Gasteiger partial charge is 0.353 e. The number of benzene rings is 2. The van der Waals surface area contributed by atoms with Gasteiger partial charge in [-0.05, 0) is 47.3 Å². The second-order valence-corrected chi connectivity index (χ2v) is 6.88. The van der Waals surface area contributed by atoms with Crippen LogP contribution in [-0.2, 0) is 0 Å². The van der Waals surface area contributed by atoms with Gasteiger partial charge in [0.05, 0.1) is 24.2 Å². The summed E-state index contributed by atoms with van der Waals surface area (Å²) in [6.45, 7) is 0. The van der Waals surface area contributed by atoms with E-state index in [4.69, 9.17) is 9.47 Å². The maximum Gasteiger partial charge on any atom is 0.353 e. The maximum absolute atomic E-state index is 12.5. The van der Waals surface area contributed by atoms with Crippen molar-refractivity contribution in [2.75, 3.05) is 7.11 Å². The molecule has 0 N–H and O–H groups in total. The van der Waals surface area contributed by atoms with Crippen molar-refractivity contribution < 1.29 is 14.3 Å². The van der Waals surface area contributed by atoms with Crippen molar-refractivity contribution in [3.8, 4) is 11.5 Å². The van der Waals surface area contributed by atoms with Gasteiger partial charge in [-0.15, -0.1) is 11.3 Å². The van der Waals surface area contributed by atoms with Gasteiger partial charge in [-0.2, -0.15) is 9.78 Å². The predicted octanol–water partition coefficient (Wildman–Crippen LogP) is 3.57. The highest BCUT2D eigenvalue weighted by molar-refractivity contribution is 7.12. The number of methoxy groups -OCH3 is 1. The Bertz CT molecular complexity index is 1260. The normalized spacial score (nSPS) is 11.1. The summed E-state index contributed by atoms with van der Waals surface area (Å²) >= 11 is 1.30. The second-order valence-electron chi connectivity index (χ2n) is 5.93. The third-order valence-electron chi connectivity index (χ3n) is 4.09.